The first kappa shape index (κ1) is 13.1. The Morgan fingerprint density at radius 3 is 2.61 bits per heavy atom. The van der Waals surface area contributed by atoms with Crippen LogP contribution in [0.25, 0.3) is 0 Å². The number of nitrogens with zero attached hydrogens (tertiary/aromatic N) is 1. The predicted octanol–water partition coefficient (Wildman–Crippen LogP) is 1.09. The van der Waals surface area contributed by atoms with Crippen LogP contribution >= 0.6 is 0 Å². The molecule has 100 valence electrons. The summed E-state index contributed by atoms with van der Waals surface area (Å²) >= 11 is 0. The summed E-state index contributed by atoms with van der Waals surface area (Å²) in [5.74, 6) is -0.167. The lowest BCUT2D eigenvalue weighted by molar-refractivity contribution is -0.167. The van der Waals surface area contributed by atoms with Gasteiger partial charge in [0.1, 0.15) is 5.54 Å². The second-order valence-electron chi connectivity index (χ2n) is 5.37. The Labute approximate surface area is 107 Å². The molecule has 1 aromatic rings. The molecule has 1 aliphatic carbocycles. The summed E-state index contributed by atoms with van der Waals surface area (Å²) in [4.78, 5) is 12.3. The van der Waals surface area contributed by atoms with Crippen molar-refractivity contribution in [1.82, 2.24) is 4.68 Å². The molecular formula is C13H21N3O2. The largest absolute Gasteiger partial charge is 0.378 e. The molecule has 2 unspecified atom stereocenters. The topological polar surface area (TPSA) is 69.3 Å². The minimum Gasteiger partial charge on any atom is -0.378 e. The van der Waals surface area contributed by atoms with Gasteiger partial charge >= 0.3 is 0 Å². The molecular weight excluding hydrogens is 230 g/mol. The number of carbonyl (C=O) groups is 1. The second-order valence-corrected chi connectivity index (χ2v) is 5.37. The van der Waals surface area contributed by atoms with Crippen molar-refractivity contribution >= 4 is 5.91 Å². The molecule has 5 nitrogen and oxygen atoms in total. The van der Waals surface area contributed by atoms with E-state index in [9.17, 15) is 4.79 Å². The Morgan fingerprint density at radius 1 is 1.50 bits per heavy atom. The van der Waals surface area contributed by atoms with Gasteiger partial charge in [-0.25, -0.2) is 0 Å². The van der Waals surface area contributed by atoms with Crippen LogP contribution < -0.4 is 11.2 Å². The molecule has 0 bridgehead atoms. The van der Waals surface area contributed by atoms with Crippen molar-refractivity contribution < 1.29 is 9.53 Å². The van der Waals surface area contributed by atoms with Crippen molar-refractivity contribution in [3.05, 3.63) is 24.5 Å². The summed E-state index contributed by atoms with van der Waals surface area (Å²) < 4.78 is 7.22. The highest BCUT2D eigenvalue weighted by molar-refractivity contribution is 5.94. The molecule has 0 aliphatic heterocycles. The summed E-state index contributed by atoms with van der Waals surface area (Å²) in [7, 11) is 0. The number of hydrogen-bond acceptors (Lipinski definition) is 3. The van der Waals surface area contributed by atoms with Gasteiger partial charge in [0.05, 0.1) is 6.10 Å². The predicted molar refractivity (Wildman–Crippen MR) is 69.5 cm³/mol. The van der Waals surface area contributed by atoms with Gasteiger partial charge in [-0.1, -0.05) is 13.8 Å². The van der Waals surface area contributed by atoms with Gasteiger partial charge in [-0.2, -0.15) is 0 Å². The first-order valence-corrected chi connectivity index (χ1v) is 6.26. The van der Waals surface area contributed by atoms with Gasteiger partial charge < -0.3 is 10.5 Å². The number of rotatable bonds is 4. The molecule has 2 atom stereocenters. The minimum absolute atomic E-state index is 0.0444. The van der Waals surface area contributed by atoms with Gasteiger partial charge in [-0.15, -0.1) is 0 Å². The van der Waals surface area contributed by atoms with Crippen molar-refractivity contribution in [3.8, 4) is 0 Å². The molecule has 1 saturated carbocycles. The Bertz CT molecular complexity index is 427. The number of aromatic nitrogens is 1. The molecule has 0 radical (unpaired) electrons. The van der Waals surface area contributed by atoms with Crippen molar-refractivity contribution in [2.24, 2.45) is 11.1 Å². The van der Waals surface area contributed by atoms with Gasteiger partial charge in [-0.05, 0) is 19.1 Å². The van der Waals surface area contributed by atoms with Crippen LogP contribution in [-0.4, -0.2) is 28.8 Å². The molecule has 1 fully saturated rings. The Balaban J connectivity index is 2.06. The summed E-state index contributed by atoms with van der Waals surface area (Å²) in [5, 5.41) is 0. The van der Waals surface area contributed by atoms with Crippen LogP contribution in [0.4, 0.5) is 0 Å². The first-order chi connectivity index (χ1) is 8.41. The van der Waals surface area contributed by atoms with Crippen molar-refractivity contribution in [1.29, 1.82) is 0 Å². The number of hydrogen-bond donors (Lipinski definition) is 2. The van der Waals surface area contributed by atoms with E-state index in [1.54, 1.807) is 17.1 Å². The Morgan fingerprint density at radius 2 is 2.11 bits per heavy atom. The third-order valence-electron chi connectivity index (χ3n) is 4.07. The number of carbonyl (C=O) groups excluding carboxylic acids is 1. The Kier molecular flexibility index (Phi) is 3.21. The van der Waals surface area contributed by atoms with E-state index < -0.39 is 5.54 Å². The fourth-order valence-corrected chi connectivity index (χ4v) is 2.45. The summed E-state index contributed by atoms with van der Waals surface area (Å²) in [5.41, 5.74) is 7.80. The molecule has 5 heteroatoms. The molecule has 1 heterocycles. The van der Waals surface area contributed by atoms with E-state index in [4.69, 9.17) is 10.5 Å². The highest BCUT2D eigenvalue weighted by atomic mass is 16.5. The molecule has 1 aliphatic rings. The quantitative estimate of drug-likeness (QED) is 0.841. The van der Waals surface area contributed by atoms with Crippen LogP contribution in [0.2, 0.25) is 0 Å². The van der Waals surface area contributed by atoms with E-state index in [2.05, 4.69) is 5.43 Å². The molecule has 0 aromatic carbocycles. The van der Waals surface area contributed by atoms with E-state index in [1.807, 2.05) is 32.9 Å². The fourth-order valence-electron chi connectivity index (χ4n) is 2.45. The van der Waals surface area contributed by atoms with Crippen LogP contribution in [0.1, 0.15) is 27.2 Å². The van der Waals surface area contributed by atoms with Gasteiger partial charge in [0.2, 0.25) is 0 Å². The summed E-state index contributed by atoms with van der Waals surface area (Å²) in [6.07, 6.45) is 4.14. The third kappa shape index (κ3) is 1.83. The average Bonchev–Trinajstić information content (AvgIpc) is 2.81. The molecule has 0 spiro atoms. The number of amides is 1. The van der Waals surface area contributed by atoms with E-state index in [-0.39, 0.29) is 17.4 Å². The lowest BCUT2D eigenvalue weighted by atomic mass is 9.54. The van der Waals surface area contributed by atoms with E-state index in [1.165, 1.54) is 0 Å². The van der Waals surface area contributed by atoms with Crippen LogP contribution in [0.5, 0.6) is 0 Å². The lowest BCUT2D eigenvalue weighted by Gasteiger charge is -2.57. The van der Waals surface area contributed by atoms with Crippen LogP contribution in [-0.2, 0) is 9.53 Å². The zero-order valence-corrected chi connectivity index (χ0v) is 11.1. The monoisotopic (exact) mass is 251 g/mol. The van der Waals surface area contributed by atoms with Crippen molar-refractivity contribution in [2.45, 2.75) is 38.8 Å². The molecule has 2 rings (SSSR count). The number of nitrogens with one attached hydrogen (secondary N) is 1. The highest BCUT2D eigenvalue weighted by Crippen LogP contribution is 2.49. The van der Waals surface area contributed by atoms with Gasteiger partial charge in [0.15, 0.2) is 0 Å². The molecule has 3 N–H and O–H groups in total. The maximum atomic E-state index is 12.3. The van der Waals surface area contributed by atoms with Crippen LogP contribution in [0, 0.1) is 5.41 Å². The van der Waals surface area contributed by atoms with Gasteiger partial charge in [0.25, 0.3) is 5.91 Å². The molecule has 0 saturated heterocycles. The second kappa shape index (κ2) is 4.40. The standard InChI is InChI=1S/C13H21N3O2/c1-4-18-10-9-13(14,12(10,2)3)11(17)15-16-7-5-6-8-16/h5-8,10H,4,9,14H2,1-3H3,(H,15,17). The first-order valence-electron chi connectivity index (χ1n) is 6.26. The minimum atomic E-state index is -0.878. The number of nitrogens with two attached hydrogens (primary N) is 1. The maximum absolute atomic E-state index is 12.3. The lowest BCUT2D eigenvalue weighted by Crippen LogP contribution is -2.75. The van der Waals surface area contributed by atoms with Crippen LogP contribution in [0.15, 0.2) is 24.5 Å². The van der Waals surface area contributed by atoms with E-state index >= 15 is 0 Å². The Hall–Kier alpha value is -1.33. The molecule has 1 aromatic heterocycles. The fraction of sp³-hybridized carbons (Fsp3) is 0.615. The van der Waals surface area contributed by atoms with Crippen molar-refractivity contribution in [3.63, 3.8) is 0 Å². The van der Waals surface area contributed by atoms with Crippen LogP contribution in [0.3, 0.4) is 0 Å². The summed E-state index contributed by atoms with van der Waals surface area (Å²) in [6, 6.07) is 3.69. The zero-order valence-electron chi connectivity index (χ0n) is 11.1. The smallest absolute Gasteiger partial charge is 0.259 e. The van der Waals surface area contributed by atoms with E-state index in [0.717, 1.165) is 0 Å². The average molecular weight is 251 g/mol. The third-order valence-corrected chi connectivity index (χ3v) is 4.07. The molecule has 18 heavy (non-hydrogen) atoms. The number of ether oxygens (including phenoxy) is 1. The van der Waals surface area contributed by atoms with Gasteiger partial charge in [0, 0.05) is 30.8 Å². The molecule has 1 amide bonds. The zero-order chi connectivity index (χ0) is 13.4. The van der Waals surface area contributed by atoms with E-state index in [0.29, 0.717) is 13.0 Å². The maximum Gasteiger partial charge on any atom is 0.259 e. The van der Waals surface area contributed by atoms with Crippen molar-refractivity contribution in [2.75, 3.05) is 12.0 Å². The summed E-state index contributed by atoms with van der Waals surface area (Å²) in [6.45, 7) is 6.55. The highest BCUT2D eigenvalue weighted by Gasteiger charge is 2.63. The normalized spacial score (nSPS) is 29.7. The SMILES string of the molecule is CCOC1CC(N)(C(=O)Nn2cccc2)C1(C)C. The van der Waals surface area contributed by atoms with Gasteiger partial charge in [-0.3, -0.25) is 14.9 Å².